The van der Waals surface area contributed by atoms with Crippen LogP contribution < -0.4 is 5.73 Å². The highest BCUT2D eigenvalue weighted by Gasteiger charge is 2.40. The molecule has 1 unspecified atom stereocenters. The van der Waals surface area contributed by atoms with Crippen LogP contribution >= 0.6 is 7.60 Å². The van der Waals surface area contributed by atoms with Gasteiger partial charge in [-0.2, -0.15) is 0 Å². The van der Waals surface area contributed by atoms with Gasteiger partial charge in [0.05, 0.1) is 0 Å². The number of aliphatic hydroxyl groups excluding tert-OH is 1. The number of nitrogens with two attached hydrogens (primary N) is 1. The second kappa shape index (κ2) is 9.83. The molecule has 5 N–H and O–H groups in total. The maximum Gasteiger partial charge on any atom is 0.348 e. The predicted octanol–water partition coefficient (Wildman–Crippen LogP) is 0.226. The zero-order valence-corrected chi connectivity index (χ0v) is 13.5. The molecule has 7 nitrogen and oxygen atoms in total. The SMILES string of the molecule is [B][C@@H]1O[C@H](/C=C/P(=O)(O)O)[C@H](O)C1OCCCCCCCN. The van der Waals surface area contributed by atoms with Gasteiger partial charge in [-0.3, -0.25) is 4.57 Å². The topological polar surface area (TPSA) is 122 Å². The maximum atomic E-state index is 10.8. The summed E-state index contributed by atoms with van der Waals surface area (Å²) in [4.78, 5) is 17.5. The number of rotatable bonds is 10. The lowest BCUT2D eigenvalue weighted by atomic mass is 9.93. The van der Waals surface area contributed by atoms with Crippen LogP contribution in [-0.4, -0.2) is 60.2 Å². The third-order valence-electron chi connectivity index (χ3n) is 3.44. The Morgan fingerprint density at radius 3 is 2.50 bits per heavy atom. The van der Waals surface area contributed by atoms with E-state index in [0.717, 1.165) is 38.2 Å². The van der Waals surface area contributed by atoms with E-state index < -0.39 is 31.9 Å². The quantitative estimate of drug-likeness (QED) is 0.256. The average molecular weight is 333 g/mol. The fourth-order valence-corrected chi connectivity index (χ4v) is 2.66. The molecule has 0 aliphatic carbocycles. The number of hydrogen-bond donors (Lipinski definition) is 4. The van der Waals surface area contributed by atoms with Gasteiger partial charge >= 0.3 is 7.60 Å². The lowest BCUT2D eigenvalue weighted by molar-refractivity contribution is -0.0207. The first-order valence-electron chi connectivity index (χ1n) is 7.50. The third kappa shape index (κ3) is 7.37. The summed E-state index contributed by atoms with van der Waals surface area (Å²) in [5, 5.41) is 10.0. The zero-order chi connectivity index (χ0) is 16.6. The van der Waals surface area contributed by atoms with Crippen molar-refractivity contribution in [3.05, 3.63) is 11.9 Å². The third-order valence-corrected chi connectivity index (χ3v) is 4.00. The Hall–Kier alpha value is -0.205. The second-order valence-electron chi connectivity index (χ2n) is 5.38. The van der Waals surface area contributed by atoms with E-state index in [0.29, 0.717) is 19.0 Å². The molecule has 0 spiro atoms. The lowest BCUT2D eigenvalue weighted by Gasteiger charge is -2.18. The molecule has 4 atom stereocenters. The lowest BCUT2D eigenvalue weighted by Crippen LogP contribution is -2.35. The minimum Gasteiger partial charge on any atom is -0.387 e. The van der Waals surface area contributed by atoms with Crippen molar-refractivity contribution in [3.63, 3.8) is 0 Å². The fraction of sp³-hybridized carbons (Fsp3) is 0.846. The molecule has 0 aromatic rings. The van der Waals surface area contributed by atoms with Crippen LogP contribution in [0.5, 0.6) is 0 Å². The average Bonchev–Trinajstić information content (AvgIpc) is 2.70. The van der Waals surface area contributed by atoms with Crippen LogP contribution in [0.4, 0.5) is 0 Å². The summed E-state index contributed by atoms with van der Waals surface area (Å²) in [5.41, 5.74) is 5.41. The van der Waals surface area contributed by atoms with Crippen LogP contribution in [0.15, 0.2) is 11.9 Å². The van der Waals surface area contributed by atoms with Crippen molar-refractivity contribution < 1.29 is 28.9 Å². The van der Waals surface area contributed by atoms with Crippen molar-refractivity contribution in [1.82, 2.24) is 0 Å². The van der Waals surface area contributed by atoms with Crippen molar-refractivity contribution in [3.8, 4) is 0 Å². The summed E-state index contributed by atoms with van der Waals surface area (Å²) in [6.07, 6.45) is 3.58. The van der Waals surface area contributed by atoms with E-state index >= 15 is 0 Å². The van der Waals surface area contributed by atoms with Gasteiger partial charge in [0.25, 0.3) is 0 Å². The Balaban J connectivity index is 2.29. The Kier molecular flexibility index (Phi) is 8.86. The van der Waals surface area contributed by atoms with Crippen molar-refractivity contribution in [1.29, 1.82) is 0 Å². The van der Waals surface area contributed by atoms with Gasteiger partial charge in [-0.1, -0.05) is 19.3 Å². The van der Waals surface area contributed by atoms with Gasteiger partial charge in [-0.15, -0.1) is 0 Å². The van der Waals surface area contributed by atoms with Crippen LogP contribution in [0.3, 0.4) is 0 Å². The minimum absolute atomic E-state index is 0.455. The first-order chi connectivity index (χ1) is 10.3. The van der Waals surface area contributed by atoms with E-state index in [2.05, 4.69) is 0 Å². The van der Waals surface area contributed by atoms with E-state index in [1.165, 1.54) is 0 Å². The standard InChI is InChI=1S/C13H25BNO6P/c14-13-12(20-8-5-3-1-2-4-7-15)11(16)10(21-13)6-9-22(17,18)19/h6,9-13,16H,1-5,7-8,15H2,(H2,17,18,19)/b9-6+/t10-,11+,12?,13-/m1/s1. The molecule has 2 radical (unpaired) electrons. The molecule has 0 aromatic carbocycles. The molecule has 0 aromatic heterocycles. The summed E-state index contributed by atoms with van der Waals surface area (Å²) in [7, 11) is 1.44. The highest BCUT2D eigenvalue weighted by Crippen LogP contribution is 2.37. The molecule has 1 heterocycles. The van der Waals surface area contributed by atoms with Gasteiger partial charge in [0.15, 0.2) is 0 Å². The molecule has 0 amide bonds. The largest absolute Gasteiger partial charge is 0.387 e. The van der Waals surface area contributed by atoms with E-state index in [1.807, 2.05) is 0 Å². The van der Waals surface area contributed by atoms with Crippen molar-refractivity contribution in [2.75, 3.05) is 13.2 Å². The second-order valence-corrected chi connectivity index (χ2v) is 6.85. The normalized spacial score (nSPS) is 29.5. The first kappa shape index (κ1) is 19.8. The van der Waals surface area contributed by atoms with Crippen LogP contribution in [0.2, 0.25) is 0 Å². The summed E-state index contributed by atoms with van der Waals surface area (Å²) in [6, 6.07) is -0.821. The number of unbranched alkanes of at least 4 members (excludes halogenated alkanes) is 4. The maximum absolute atomic E-state index is 10.8. The Bertz CT molecular complexity index is 391. The number of ether oxygens (including phenoxy) is 2. The molecule has 0 saturated carbocycles. The summed E-state index contributed by atoms with van der Waals surface area (Å²) in [5.74, 6) is 0.702. The molecule has 1 saturated heterocycles. The first-order valence-corrected chi connectivity index (χ1v) is 9.18. The van der Waals surface area contributed by atoms with Crippen LogP contribution in [-0.2, 0) is 14.0 Å². The van der Waals surface area contributed by atoms with Gasteiger partial charge in [0, 0.05) is 18.4 Å². The van der Waals surface area contributed by atoms with Gasteiger partial charge < -0.3 is 30.1 Å². The molecule has 126 valence electrons. The number of hydrogen-bond acceptors (Lipinski definition) is 5. The predicted molar refractivity (Wildman–Crippen MR) is 83.5 cm³/mol. The Morgan fingerprint density at radius 1 is 1.23 bits per heavy atom. The number of aliphatic hydroxyl groups is 1. The highest BCUT2D eigenvalue weighted by atomic mass is 31.2. The van der Waals surface area contributed by atoms with Crippen LogP contribution in [0.25, 0.3) is 0 Å². The minimum atomic E-state index is -4.29. The molecular weight excluding hydrogens is 308 g/mol. The monoisotopic (exact) mass is 333 g/mol. The van der Waals surface area contributed by atoms with Crippen molar-refractivity contribution in [2.24, 2.45) is 5.73 Å². The van der Waals surface area contributed by atoms with E-state index in [1.54, 1.807) is 0 Å². The Labute approximate surface area is 132 Å². The van der Waals surface area contributed by atoms with Crippen LogP contribution in [0.1, 0.15) is 32.1 Å². The molecule has 1 rings (SSSR count). The summed E-state index contributed by atoms with van der Waals surface area (Å²) >= 11 is 0. The van der Waals surface area contributed by atoms with Gasteiger partial charge in [0.2, 0.25) is 0 Å². The van der Waals surface area contributed by atoms with Crippen LogP contribution in [0, 0.1) is 0 Å². The molecule has 9 heteroatoms. The van der Waals surface area contributed by atoms with E-state index in [4.69, 9.17) is 32.8 Å². The molecular formula is C13H25BNO6P. The molecule has 1 fully saturated rings. The van der Waals surface area contributed by atoms with Gasteiger partial charge in [0.1, 0.15) is 26.2 Å². The smallest absolute Gasteiger partial charge is 0.348 e. The molecule has 1 aliphatic heterocycles. The van der Waals surface area contributed by atoms with E-state index in [-0.39, 0.29) is 0 Å². The van der Waals surface area contributed by atoms with Crippen molar-refractivity contribution >= 4 is 15.4 Å². The fourth-order valence-electron chi connectivity index (χ4n) is 2.27. The highest BCUT2D eigenvalue weighted by molar-refractivity contribution is 7.55. The summed E-state index contributed by atoms with van der Waals surface area (Å²) < 4.78 is 21.6. The van der Waals surface area contributed by atoms with Gasteiger partial charge in [-0.25, -0.2) is 0 Å². The molecule has 22 heavy (non-hydrogen) atoms. The van der Waals surface area contributed by atoms with Gasteiger partial charge in [-0.05, 0) is 25.5 Å². The van der Waals surface area contributed by atoms with Crippen molar-refractivity contribution in [2.45, 2.75) is 56.4 Å². The van der Waals surface area contributed by atoms with E-state index in [9.17, 15) is 9.67 Å². The molecule has 0 bridgehead atoms. The summed E-state index contributed by atoms with van der Waals surface area (Å²) in [6.45, 7) is 1.16. The Morgan fingerprint density at radius 2 is 1.86 bits per heavy atom. The molecule has 1 aliphatic rings. The zero-order valence-electron chi connectivity index (χ0n) is 12.6.